The Balaban J connectivity index is 1.37. The number of benzene rings is 5. The third kappa shape index (κ3) is 8.74. The molecule has 46 heavy (non-hydrogen) atoms. The van der Waals surface area contributed by atoms with E-state index in [-0.39, 0.29) is 11.6 Å². The number of hydrogen-bond donors (Lipinski definition) is 3. The Morgan fingerprint density at radius 1 is 0.717 bits per heavy atom. The predicted molar refractivity (Wildman–Crippen MR) is 185 cm³/mol. The molecule has 230 valence electrons. The second-order valence-corrected chi connectivity index (χ2v) is 11.6. The number of aryl methyl sites for hydroxylation is 1. The van der Waals surface area contributed by atoms with E-state index in [1.165, 1.54) is 11.8 Å². The molecule has 7 nitrogen and oxygen atoms in total. The standard InChI is InChI=1S/C38H33N3O4S/c1-26-16-20-30(21-17-26)39-38(44)35(28-10-5-3-6-11-28)46-33-15-9-14-31(25-33)40-37(43)34(24-27-18-22-32(45-2)23-19-27)41-36(42)29-12-7-4-8-13-29/h3-25,35H,1-2H3,(H,39,44)(H,40,43)(H,41,42)/b34-24+. The molecule has 1 unspecified atom stereocenters. The van der Waals surface area contributed by atoms with E-state index >= 15 is 0 Å². The second-order valence-electron chi connectivity index (χ2n) is 10.4. The van der Waals surface area contributed by atoms with Crippen molar-refractivity contribution in [3.63, 3.8) is 0 Å². The number of anilines is 2. The molecule has 5 rings (SSSR count). The SMILES string of the molecule is COc1ccc(/C=C(/NC(=O)c2ccccc2)C(=O)Nc2cccc(SC(C(=O)Nc3ccc(C)cc3)c3ccccc3)c2)cc1. The summed E-state index contributed by atoms with van der Waals surface area (Å²) in [6.45, 7) is 2.00. The summed E-state index contributed by atoms with van der Waals surface area (Å²) in [6.07, 6.45) is 1.61. The summed E-state index contributed by atoms with van der Waals surface area (Å²) in [5, 5.41) is 8.14. The van der Waals surface area contributed by atoms with Crippen molar-refractivity contribution in [3.05, 3.63) is 161 Å². The third-order valence-electron chi connectivity index (χ3n) is 6.96. The maximum Gasteiger partial charge on any atom is 0.272 e. The average molecular weight is 628 g/mol. The summed E-state index contributed by atoms with van der Waals surface area (Å²) in [5.74, 6) is -0.404. The van der Waals surface area contributed by atoms with Crippen LogP contribution in [-0.2, 0) is 9.59 Å². The van der Waals surface area contributed by atoms with Crippen molar-refractivity contribution in [1.29, 1.82) is 0 Å². The Bertz CT molecular complexity index is 1820. The number of amides is 3. The van der Waals surface area contributed by atoms with Crippen molar-refractivity contribution in [3.8, 4) is 5.75 Å². The topological polar surface area (TPSA) is 96.5 Å². The molecule has 0 bridgehead atoms. The molecule has 8 heteroatoms. The van der Waals surface area contributed by atoms with Crippen LogP contribution in [0.5, 0.6) is 5.75 Å². The van der Waals surface area contributed by atoms with E-state index in [1.807, 2.05) is 85.8 Å². The molecule has 3 amide bonds. The van der Waals surface area contributed by atoms with Gasteiger partial charge in [-0.3, -0.25) is 14.4 Å². The van der Waals surface area contributed by atoms with Crippen LogP contribution in [0.3, 0.4) is 0 Å². The largest absolute Gasteiger partial charge is 0.497 e. The number of carbonyl (C=O) groups excluding carboxylic acids is 3. The summed E-state index contributed by atoms with van der Waals surface area (Å²) in [6, 6.07) is 40.3. The fourth-order valence-electron chi connectivity index (χ4n) is 4.54. The first-order valence-corrected chi connectivity index (χ1v) is 15.5. The average Bonchev–Trinajstić information content (AvgIpc) is 3.09. The van der Waals surface area contributed by atoms with Crippen molar-refractivity contribution in [2.45, 2.75) is 17.1 Å². The molecule has 0 radical (unpaired) electrons. The molecular formula is C38H33N3O4S. The third-order valence-corrected chi connectivity index (χ3v) is 8.21. The maximum atomic E-state index is 13.6. The lowest BCUT2D eigenvalue weighted by Gasteiger charge is -2.18. The lowest BCUT2D eigenvalue weighted by atomic mass is 10.1. The minimum atomic E-state index is -0.552. The molecule has 5 aromatic rings. The lowest BCUT2D eigenvalue weighted by molar-refractivity contribution is -0.116. The van der Waals surface area contributed by atoms with E-state index in [0.29, 0.717) is 28.3 Å². The first-order chi connectivity index (χ1) is 22.4. The van der Waals surface area contributed by atoms with Crippen molar-refractivity contribution >= 4 is 46.9 Å². The number of thioether (sulfide) groups is 1. The molecule has 1 atom stereocenters. The molecule has 5 aromatic carbocycles. The van der Waals surface area contributed by atoms with Gasteiger partial charge in [-0.15, -0.1) is 11.8 Å². The zero-order valence-electron chi connectivity index (χ0n) is 25.4. The van der Waals surface area contributed by atoms with E-state index in [0.717, 1.165) is 16.0 Å². The summed E-state index contributed by atoms with van der Waals surface area (Å²) in [7, 11) is 1.58. The smallest absolute Gasteiger partial charge is 0.272 e. The second kappa shape index (κ2) is 15.4. The van der Waals surface area contributed by atoms with Gasteiger partial charge in [-0.05, 0) is 78.7 Å². The Morgan fingerprint density at radius 2 is 1.39 bits per heavy atom. The highest BCUT2D eigenvalue weighted by Crippen LogP contribution is 2.37. The Hall–Kier alpha value is -5.60. The molecule has 0 fully saturated rings. The fourth-order valence-corrected chi connectivity index (χ4v) is 5.62. The molecule has 0 saturated carbocycles. The van der Waals surface area contributed by atoms with Gasteiger partial charge in [-0.2, -0.15) is 0 Å². The van der Waals surface area contributed by atoms with Gasteiger partial charge in [-0.25, -0.2) is 0 Å². The fraction of sp³-hybridized carbons (Fsp3) is 0.0789. The van der Waals surface area contributed by atoms with Crippen LogP contribution in [0.4, 0.5) is 11.4 Å². The molecule has 0 aliphatic rings. The van der Waals surface area contributed by atoms with Crippen molar-refractivity contribution in [1.82, 2.24) is 5.32 Å². The molecule has 0 aliphatic carbocycles. The Morgan fingerprint density at radius 3 is 2.07 bits per heavy atom. The van der Waals surface area contributed by atoms with Crippen LogP contribution >= 0.6 is 11.8 Å². The number of ether oxygens (including phenoxy) is 1. The van der Waals surface area contributed by atoms with Gasteiger partial charge < -0.3 is 20.7 Å². The van der Waals surface area contributed by atoms with E-state index < -0.39 is 17.1 Å². The van der Waals surface area contributed by atoms with Crippen molar-refractivity contribution < 1.29 is 19.1 Å². The van der Waals surface area contributed by atoms with Gasteiger partial charge in [0.2, 0.25) is 5.91 Å². The minimum absolute atomic E-state index is 0.0664. The van der Waals surface area contributed by atoms with E-state index in [4.69, 9.17) is 4.74 Å². The molecular weight excluding hydrogens is 595 g/mol. The Labute approximate surface area is 272 Å². The highest BCUT2D eigenvalue weighted by atomic mass is 32.2. The molecule has 0 saturated heterocycles. The highest BCUT2D eigenvalue weighted by Gasteiger charge is 2.23. The van der Waals surface area contributed by atoms with Crippen LogP contribution in [0.15, 0.2) is 144 Å². The minimum Gasteiger partial charge on any atom is -0.497 e. The van der Waals surface area contributed by atoms with Gasteiger partial charge >= 0.3 is 0 Å². The van der Waals surface area contributed by atoms with Crippen LogP contribution in [0.25, 0.3) is 6.08 Å². The molecule has 0 aromatic heterocycles. The first-order valence-electron chi connectivity index (χ1n) is 14.6. The van der Waals surface area contributed by atoms with Crippen molar-refractivity contribution in [2.75, 3.05) is 17.7 Å². The summed E-state index contributed by atoms with van der Waals surface area (Å²) < 4.78 is 5.24. The van der Waals surface area contributed by atoms with Crippen LogP contribution in [0.1, 0.15) is 32.3 Å². The zero-order valence-corrected chi connectivity index (χ0v) is 26.2. The van der Waals surface area contributed by atoms with E-state index in [9.17, 15) is 14.4 Å². The molecule has 0 heterocycles. The molecule has 0 spiro atoms. The predicted octanol–water partition coefficient (Wildman–Crippen LogP) is 7.89. The van der Waals surface area contributed by atoms with Gasteiger partial charge in [0.1, 0.15) is 16.7 Å². The van der Waals surface area contributed by atoms with E-state index in [2.05, 4.69) is 16.0 Å². The summed E-state index contributed by atoms with van der Waals surface area (Å²) in [4.78, 5) is 40.9. The zero-order chi connectivity index (χ0) is 32.3. The number of carbonyl (C=O) groups is 3. The van der Waals surface area contributed by atoms with Crippen LogP contribution in [-0.4, -0.2) is 24.8 Å². The van der Waals surface area contributed by atoms with E-state index in [1.54, 1.807) is 67.8 Å². The van der Waals surface area contributed by atoms with Gasteiger partial charge in [-0.1, -0.05) is 84.4 Å². The number of methoxy groups -OCH3 is 1. The Kier molecular flexibility index (Phi) is 10.7. The van der Waals surface area contributed by atoms with Gasteiger partial charge in [0.15, 0.2) is 0 Å². The summed E-state index contributed by atoms with van der Waals surface area (Å²) >= 11 is 1.38. The molecule has 0 aliphatic heterocycles. The number of hydrogen-bond acceptors (Lipinski definition) is 5. The van der Waals surface area contributed by atoms with Gasteiger partial charge in [0.25, 0.3) is 11.8 Å². The molecule has 3 N–H and O–H groups in total. The maximum absolute atomic E-state index is 13.6. The van der Waals surface area contributed by atoms with Gasteiger partial charge in [0, 0.05) is 21.8 Å². The van der Waals surface area contributed by atoms with Crippen LogP contribution in [0.2, 0.25) is 0 Å². The van der Waals surface area contributed by atoms with Crippen LogP contribution < -0.4 is 20.7 Å². The number of nitrogens with one attached hydrogen (secondary N) is 3. The first kappa shape index (κ1) is 31.8. The number of rotatable bonds is 11. The quantitative estimate of drug-likeness (QED) is 0.102. The normalized spacial score (nSPS) is 11.7. The lowest BCUT2D eigenvalue weighted by Crippen LogP contribution is -2.30. The van der Waals surface area contributed by atoms with Crippen LogP contribution in [0, 0.1) is 6.92 Å². The van der Waals surface area contributed by atoms with Gasteiger partial charge in [0.05, 0.1) is 7.11 Å². The van der Waals surface area contributed by atoms with Crippen molar-refractivity contribution in [2.24, 2.45) is 0 Å². The monoisotopic (exact) mass is 627 g/mol. The highest BCUT2D eigenvalue weighted by molar-refractivity contribution is 8.00. The summed E-state index contributed by atoms with van der Waals surface area (Å²) in [5.41, 5.74) is 4.37.